The third-order valence-corrected chi connectivity index (χ3v) is 2.30. The number of rotatable bonds is 4. The van der Waals surface area contributed by atoms with Gasteiger partial charge in [-0.15, -0.1) is 5.10 Å². The van der Waals surface area contributed by atoms with Crippen molar-refractivity contribution in [3.05, 3.63) is 17.8 Å². The summed E-state index contributed by atoms with van der Waals surface area (Å²) >= 11 is 0. The van der Waals surface area contributed by atoms with Crippen LogP contribution in [-0.2, 0) is 0 Å². The van der Waals surface area contributed by atoms with Crippen LogP contribution in [-0.4, -0.2) is 10.2 Å². The summed E-state index contributed by atoms with van der Waals surface area (Å²) in [6, 6.07) is 1.93. The monoisotopic (exact) mass is 179 g/mol. The van der Waals surface area contributed by atoms with Gasteiger partial charge in [0, 0.05) is 0 Å². The summed E-state index contributed by atoms with van der Waals surface area (Å²) in [6.45, 7) is 4.39. The summed E-state index contributed by atoms with van der Waals surface area (Å²) < 4.78 is 0. The molecule has 0 aliphatic heterocycles. The van der Waals surface area contributed by atoms with Crippen molar-refractivity contribution >= 4 is 5.82 Å². The fourth-order valence-electron chi connectivity index (χ4n) is 1.58. The van der Waals surface area contributed by atoms with E-state index in [9.17, 15) is 0 Å². The van der Waals surface area contributed by atoms with Gasteiger partial charge in [0.1, 0.15) is 5.82 Å². The summed E-state index contributed by atoms with van der Waals surface area (Å²) in [5, 5.41) is 7.60. The van der Waals surface area contributed by atoms with Crippen LogP contribution in [0.1, 0.15) is 44.6 Å². The molecule has 0 saturated carbocycles. The summed E-state index contributed by atoms with van der Waals surface area (Å²) in [4.78, 5) is 0. The van der Waals surface area contributed by atoms with E-state index in [0.717, 1.165) is 6.42 Å². The number of nitrogens with zero attached hydrogens (tertiary/aromatic N) is 2. The minimum absolute atomic E-state index is 0.520. The quantitative estimate of drug-likeness (QED) is 0.771. The van der Waals surface area contributed by atoms with Gasteiger partial charge in [0.15, 0.2) is 0 Å². The molecule has 0 aliphatic rings. The topological polar surface area (TPSA) is 51.8 Å². The summed E-state index contributed by atoms with van der Waals surface area (Å²) in [6.07, 6.45) is 5.35. The predicted molar refractivity (Wildman–Crippen MR) is 54.4 cm³/mol. The van der Waals surface area contributed by atoms with Crippen molar-refractivity contribution in [1.82, 2.24) is 10.2 Å². The maximum Gasteiger partial charge on any atom is 0.146 e. The smallest absolute Gasteiger partial charge is 0.146 e. The Morgan fingerprint density at radius 2 is 2.23 bits per heavy atom. The lowest BCUT2D eigenvalue weighted by molar-refractivity contribution is 0.592. The van der Waals surface area contributed by atoms with E-state index in [1.165, 1.54) is 18.4 Å². The second kappa shape index (κ2) is 4.80. The van der Waals surface area contributed by atoms with Crippen molar-refractivity contribution in [2.75, 3.05) is 5.73 Å². The first kappa shape index (κ1) is 9.96. The maximum absolute atomic E-state index is 5.57. The fraction of sp³-hybridized carbons (Fsp3) is 0.600. The van der Waals surface area contributed by atoms with Crippen molar-refractivity contribution in [1.29, 1.82) is 0 Å². The normalized spacial score (nSPS) is 12.8. The van der Waals surface area contributed by atoms with E-state index < -0.39 is 0 Å². The first-order valence-electron chi connectivity index (χ1n) is 4.86. The molecule has 0 aromatic carbocycles. The zero-order chi connectivity index (χ0) is 9.68. The summed E-state index contributed by atoms with van der Waals surface area (Å²) in [5.74, 6) is 1.11. The molecule has 0 amide bonds. The number of hydrogen-bond acceptors (Lipinski definition) is 3. The third-order valence-electron chi connectivity index (χ3n) is 2.30. The molecule has 3 heteroatoms. The number of anilines is 1. The lowest BCUT2D eigenvalue weighted by atomic mass is 9.94. The molecule has 0 aliphatic carbocycles. The van der Waals surface area contributed by atoms with Crippen molar-refractivity contribution in [2.45, 2.75) is 39.0 Å². The molecular weight excluding hydrogens is 162 g/mol. The van der Waals surface area contributed by atoms with E-state index in [-0.39, 0.29) is 0 Å². The van der Waals surface area contributed by atoms with E-state index in [1.807, 2.05) is 12.3 Å². The Morgan fingerprint density at radius 1 is 1.46 bits per heavy atom. The lowest BCUT2D eigenvalue weighted by Crippen LogP contribution is -2.01. The van der Waals surface area contributed by atoms with Crippen LogP contribution in [0.5, 0.6) is 0 Å². The van der Waals surface area contributed by atoms with Gasteiger partial charge in [-0.25, -0.2) is 0 Å². The van der Waals surface area contributed by atoms with Gasteiger partial charge in [-0.1, -0.05) is 20.3 Å². The Bertz CT molecular complexity index is 260. The Hall–Kier alpha value is -1.12. The molecule has 0 bridgehead atoms. The number of aromatic nitrogens is 2. The average molecular weight is 179 g/mol. The van der Waals surface area contributed by atoms with Crippen molar-refractivity contribution in [2.24, 2.45) is 0 Å². The highest BCUT2D eigenvalue weighted by molar-refractivity contribution is 5.31. The van der Waals surface area contributed by atoms with Crippen molar-refractivity contribution in [3.63, 3.8) is 0 Å². The second-order valence-corrected chi connectivity index (χ2v) is 3.31. The summed E-state index contributed by atoms with van der Waals surface area (Å²) in [5.41, 5.74) is 6.79. The first-order valence-corrected chi connectivity index (χ1v) is 4.86. The molecule has 1 unspecified atom stereocenters. The van der Waals surface area contributed by atoms with Gasteiger partial charge in [-0.05, 0) is 30.4 Å². The molecule has 1 aromatic rings. The lowest BCUT2D eigenvalue weighted by Gasteiger charge is -2.13. The van der Waals surface area contributed by atoms with Crippen LogP contribution >= 0.6 is 0 Å². The Kier molecular flexibility index (Phi) is 3.68. The maximum atomic E-state index is 5.57. The van der Waals surface area contributed by atoms with Crippen LogP contribution in [0.3, 0.4) is 0 Å². The molecule has 13 heavy (non-hydrogen) atoms. The molecule has 0 radical (unpaired) electrons. The van der Waals surface area contributed by atoms with E-state index in [0.29, 0.717) is 11.7 Å². The third kappa shape index (κ3) is 2.68. The molecule has 0 fully saturated rings. The van der Waals surface area contributed by atoms with E-state index in [4.69, 9.17) is 5.73 Å². The van der Waals surface area contributed by atoms with Crippen LogP contribution in [0, 0.1) is 0 Å². The minimum Gasteiger partial charge on any atom is -0.382 e. The van der Waals surface area contributed by atoms with Crippen LogP contribution < -0.4 is 5.73 Å². The van der Waals surface area contributed by atoms with Gasteiger partial charge in [0.05, 0.1) is 6.20 Å². The molecule has 1 aromatic heterocycles. The minimum atomic E-state index is 0.520. The largest absolute Gasteiger partial charge is 0.382 e. The Labute approximate surface area is 79.4 Å². The highest BCUT2D eigenvalue weighted by atomic mass is 15.1. The molecule has 1 heterocycles. The van der Waals surface area contributed by atoms with Gasteiger partial charge < -0.3 is 5.73 Å². The van der Waals surface area contributed by atoms with Crippen molar-refractivity contribution in [3.8, 4) is 0 Å². The molecule has 0 spiro atoms. The van der Waals surface area contributed by atoms with E-state index in [2.05, 4.69) is 24.0 Å². The van der Waals surface area contributed by atoms with Crippen LogP contribution in [0.25, 0.3) is 0 Å². The zero-order valence-electron chi connectivity index (χ0n) is 8.33. The standard InChI is InChI=1S/C10H17N3/c1-3-5-8(4-2)9-6-10(11)13-12-7-9/h6-8H,3-5H2,1-2H3,(H2,11,13). The highest BCUT2D eigenvalue weighted by Crippen LogP contribution is 2.24. The second-order valence-electron chi connectivity index (χ2n) is 3.31. The fourth-order valence-corrected chi connectivity index (χ4v) is 1.58. The van der Waals surface area contributed by atoms with Gasteiger partial charge in [0.2, 0.25) is 0 Å². The SMILES string of the molecule is CCCC(CC)c1cnnc(N)c1. The molecule has 1 rings (SSSR count). The van der Waals surface area contributed by atoms with E-state index in [1.54, 1.807) is 0 Å². The number of nitrogen functional groups attached to an aromatic ring is 1. The van der Waals surface area contributed by atoms with Crippen molar-refractivity contribution < 1.29 is 0 Å². The predicted octanol–water partition coefficient (Wildman–Crippen LogP) is 2.35. The molecule has 0 saturated heterocycles. The van der Waals surface area contributed by atoms with Gasteiger partial charge >= 0.3 is 0 Å². The molecule has 3 nitrogen and oxygen atoms in total. The van der Waals surface area contributed by atoms with Crippen LogP contribution in [0.2, 0.25) is 0 Å². The van der Waals surface area contributed by atoms with Crippen LogP contribution in [0.15, 0.2) is 12.3 Å². The Balaban J connectivity index is 2.78. The average Bonchev–Trinajstić information content (AvgIpc) is 2.14. The molecule has 2 N–H and O–H groups in total. The highest BCUT2D eigenvalue weighted by Gasteiger charge is 2.08. The molecular formula is C10H17N3. The summed E-state index contributed by atoms with van der Waals surface area (Å²) in [7, 11) is 0. The molecule has 1 atom stereocenters. The van der Waals surface area contributed by atoms with Crippen LogP contribution in [0.4, 0.5) is 5.82 Å². The van der Waals surface area contributed by atoms with Gasteiger partial charge in [-0.2, -0.15) is 5.10 Å². The van der Waals surface area contributed by atoms with Gasteiger partial charge in [0.25, 0.3) is 0 Å². The first-order chi connectivity index (χ1) is 6.27. The number of nitrogens with two attached hydrogens (primary N) is 1. The van der Waals surface area contributed by atoms with Gasteiger partial charge in [-0.3, -0.25) is 0 Å². The number of hydrogen-bond donors (Lipinski definition) is 1. The zero-order valence-corrected chi connectivity index (χ0v) is 8.33. The van der Waals surface area contributed by atoms with E-state index >= 15 is 0 Å². The molecule has 72 valence electrons. The Morgan fingerprint density at radius 3 is 2.77 bits per heavy atom.